The zero-order chi connectivity index (χ0) is 15.5. The second-order valence-corrected chi connectivity index (χ2v) is 6.56. The van der Waals surface area contributed by atoms with Crippen molar-refractivity contribution in [2.24, 2.45) is 0 Å². The van der Waals surface area contributed by atoms with Gasteiger partial charge in [0.1, 0.15) is 5.75 Å². The lowest BCUT2D eigenvalue weighted by Crippen LogP contribution is -2.27. The summed E-state index contributed by atoms with van der Waals surface area (Å²) in [5.74, 6) is 0.141. The van der Waals surface area contributed by atoms with Crippen LogP contribution >= 0.6 is 22.9 Å². The fraction of sp³-hybridized carbons (Fsp3) is 0.200. The van der Waals surface area contributed by atoms with Gasteiger partial charge in [-0.15, -0.1) is 11.3 Å². The van der Waals surface area contributed by atoms with Gasteiger partial charge in [0.2, 0.25) is 0 Å². The molecule has 0 atom stereocenters. The Balaban J connectivity index is 1.59. The highest BCUT2D eigenvalue weighted by Gasteiger charge is 2.17. The molecule has 0 unspecified atom stereocenters. The Morgan fingerprint density at radius 3 is 3.00 bits per heavy atom. The number of anilines is 1. The topological polar surface area (TPSA) is 67.4 Å². The number of nitrogens with one attached hydrogen (secondary N) is 2. The minimum absolute atomic E-state index is 0.0305. The Kier molecular flexibility index (Phi) is 4.31. The number of halogens is 1. The van der Waals surface area contributed by atoms with E-state index >= 15 is 0 Å². The smallest absolute Gasteiger partial charge is 0.262 e. The molecule has 0 saturated heterocycles. The normalized spacial score (nSPS) is 13.0. The van der Waals surface area contributed by atoms with E-state index in [1.54, 1.807) is 18.2 Å². The van der Waals surface area contributed by atoms with Gasteiger partial charge in [-0.3, -0.25) is 9.59 Å². The average molecular weight is 337 g/mol. The summed E-state index contributed by atoms with van der Waals surface area (Å²) in [6.45, 7) is 0.502. The van der Waals surface area contributed by atoms with Crippen LogP contribution in [0, 0.1) is 0 Å². The predicted octanol–water partition coefficient (Wildman–Crippen LogP) is 2.70. The molecule has 1 aromatic carbocycles. The average Bonchev–Trinajstić information content (AvgIpc) is 2.92. The van der Waals surface area contributed by atoms with Crippen LogP contribution in [0.3, 0.4) is 0 Å². The maximum atomic E-state index is 12.1. The minimum Gasteiger partial charge on any atom is -0.482 e. The van der Waals surface area contributed by atoms with Crippen LogP contribution in [0.2, 0.25) is 4.34 Å². The molecule has 0 aliphatic carbocycles. The van der Waals surface area contributed by atoms with E-state index in [1.807, 2.05) is 12.1 Å². The summed E-state index contributed by atoms with van der Waals surface area (Å²) in [7, 11) is 0. The summed E-state index contributed by atoms with van der Waals surface area (Å²) in [4.78, 5) is 24.4. The number of hydrogen-bond donors (Lipinski definition) is 2. The number of amides is 2. The highest BCUT2D eigenvalue weighted by Crippen LogP contribution is 2.28. The first kappa shape index (κ1) is 14.9. The van der Waals surface area contributed by atoms with Crippen molar-refractivity contribution >= 4 is 40.4 Å². The molecule has 2 amide bonds. The molecule has 0 spiro atoms. The Labute approximate surface area is 136 Å². The van der Waals surface area contributed by atoms with Crippen molar-refractivity contribution < 1.29 is 14.3 Å². The van der Waals surface area contributed by atoms with Gasteiger partial charge < -0.3 is 15.4 Å². The number of hydrogen-bond acceptors (Lipinski definition) is 4. The van der Waals surface area contributed by atoms with Gasteiger partial charge in [-0.25, -0.2) is 0 Å². The lowest BCUT2D eigenvalue weighted by molar-refractivity contribution is -0.118. The van der Waals surface area contributed by atoms with E-state index in [4.69, 9.17) is 16.3 Å². The third-order valence-corrected chi connectivity index (χ3v) is 4.45. The van der Waals surface area contributed by atoms with E-state index in [0.717, 1.165) is 15.6 Å². The lowest BCUT2D eigenvalue weighted by atomic mass is 10.1. The molecule has 1 aliphatic rings. The van der Waals surface area contributed by atoms with Gasteiger partial charge in [-0.05, 0) is 36.8 Å². The number of carbonyl (C=O) groups excluding carboxylic acids is 2. The van der Waals surface area contributed by atoms with Crippen LogP contribution in [0.1, 0.15) is 15.2 Å². The molecule has 1 aromatic heterocycles. The number of fused-ring (bicyclic) bond motifs is 1. The Morgan fingerprint density at radius 1 is 1.36 bits per heavy atom. The van der Waals surface area contributed by atoms with Crippen LogP contribution in [0.25, 0.3) is 0 Å². The zero-order valence-electron chi connectivity index (χ0n) is 11.5. The molecule has 0 bridgehead atoms. The molecule has 0 fully saturated rings. The summed E-state index contributed by atoms with van der Waals surface area (Å²) in [5.41, 5.74) is 1.08. The van der Waals surface area contributed by atoms with Crippen LogP contribution in [-0.2, 0) is 11.2 Å². The lowest BCUT2D eigenvalue weighted by Gasteiger charge is -2.18. The molecule has 2 heterocycles. The van der Waals surface area contributed by atoms with Gasteiger partial charge >= 0.3 is 0 Å². The zero-order valence-corrected chi connectivity index (χ0v) is 13.1. The third kappa shape index (κ3) is 3.40. The number of rotatable bonds is 4. The first-order valence-corrected chi connectivity index (χ1v) is 7.90. The van der Waals surface area contributed by atoms with Crippen molar-refractivity contribution in [2.45, 2.75) is 6.42 Å². The predicted molar refractivity (Wildman–Crippen MR) is 85.9 cm³/mol. The standard InChI is InChI=1S/C15H13ClN2O3S/c16-13-4-2-10(22-13)5-6-17-15(20)9-1-3-11-12(7-9)21-8-14(19)18-11/h1-4,7H,5-6,8H2,(H,17,20)(H,18,19). The molecule has 2 N–H and O–H groups in total. The second-order valence-electron chi connectivity index (χ2n) is 4.76. The summed E-state index contributed by atoms with van der Waals surface area (Å²) < 4.78 is 6.04. The molecule has 3 rings (SSSR count). The van der Waals surface area contributed by atoms with E-state index < -0.39 is 0 Å². The Hall–Kier alpha value is -2.05. The van der Waals surface area contributed by atoms with Crippen molar-refractivity contribution in [3.63, 3.8) is 0 Å². The Bertz CT molecular complexity index is 729. The monoisotopic (exact) mass is 336 g/mol. The van der Waals surface area contributed by atoms with Crippen LogP contribution in [0.4, 0.5) is 5.69 Å². The van der Waals surface area contributed by atoms with Crippen LogP contribution in [0.15, 0.2) is 30.3 Å². The van der Waals surface area contributed by atoms with Crippen molar-refractivity contribution in [1.29, 1.82) is 0 Å². The largest absolute Gasteiger partial charge is 0.482 e. The maximum absolute atomic E-state index is 12.1. The summed E-state index contributed by atoms with van der Waals surface area (Å²) in [5, 5.41) is 5.54. The summed E-state index contributed by atoms with van der Waals surface area (Å²) >= 11 is 7.37. The maximum Gasteiger partial charge on any atom is 0.262 e. The molecule has 0 saturated carbocycles. The van der Waals surface area contributed by atoms with Crippen molar-refractivity contribution in [1.82, 2.24) is 5.32 Å². The van der Waals surface area contributed by atoms with Crippen molar-refractivity contribution in [3.8, 4) is 5.75 Å². The molecule has 1 aliphatic heterocycles. The van der Waals surface area contributed by atoms with Crippen molar-refractivity contribution in [2.75, 3.05) is 18.5 Å². The third-order valence-electron chi connectivity index (χ3n) is 3.16. The van der Waals surface area contributed by atoms with Crippen LogP contribution in [-0.4, -0.2) is 25.0 Å². The van der Waals surface area contributed by atoms with Gasteiger partial charge in [-0.1, -0.05) is 11.6 Å². The number of carbonyl (C=O) groups is 2. The SMILES string of the molecule is O=C1COc2cc(C(=O)NCCc3ccc(Cl)s3)ccc2N1. The fourth-order valence-electron chi connectivity index (χ4n) is 2.10. The van der Waals surface area contributed by atoms with E-state index in [2.05, 4.69) is 10.6 Å². The Morgan fingerprint density at radius 2 is 2.23 bits per heavy atom. The highest BCUT2D eigenvalue weighted by atomic mass is 35.5. The van der Waals surface area contributed by atoms with E-state index in [-0.39, 0.29) is 18.4 Å². The number of ether oxygens (including phenoxy) is 1. The van der Waals surface area contributed by atoms with Gasteiger partial charge in [-0.2, -0.15) is 0 Å². The minimum atomic E-state index is -0.195. The molecule has 5 nitrogen and oxygen atoms in total. The molecule has 114 valence electrons. The van der Waals surface area contributed by atoms with Crippen LogP contribution in [0.5, 0.6) is 5.75 Å². The highest BCUT2D eigenvalue weighted by molar-refractivity contribution is 7.16. The summed E-state index contributed by atoms with van der Waals surface area (Å²) in [6, 6.07) is 8.75. The van der Waals surface area contributed by atoms with Crippen LogP contribution < -0.4 is 15.4 Å². The van der Waals surface area contributed by atoms with Gasteiger partial charge in [0.25, 0.3) is 11.8 Å². The van der Waals surface area contributed by atoms with E-state index in [9.17, 15) is 9.59 Å². The molecule has 2 aromatic rings. The molecule has 0 radical (unpaired) electrons. The quantitative estimate of drug-likeness (QED) is 0.902. The number of benzene rings is 1. The van der Waals surface area contributed by atoms with Gasteiger partial charge in [0, 0.05) is 17.0 Å². The van der Waals surface area contributed by atoms with Crippen molar-refractivity contribution in [3.05, 3.63) is 45.1 Å². The van der Waals surface area contributed by atoms with Gasteiger partial charge in [0.05, 0.1) is 10.0 Å². The first-order chi connectivity index (χ1) is 10.6. The number of thiophene rings is 1. The molecular weight excluding hydrogens is 324 g/mol. The fourth-order valence-corrected chi connectivity index (χ4v) is 3.19. The van der Waals surface area contributed by atoms with Gasteiger partial charge in [0.15, 0.2) is 6.61 Å². The molecule has 7 heteroatoms. The van der Waals surface area contributed by atoms with E-state index in [0.29, 0.717) is 23.5 Å². The second kappa shape index (κ2) is 6.37. The van der Waals surface area contributed by atoms with E-state index in [1.165, 1.54) is 11.3 Å². The molecule has 22 heavy (non-hydrogen) atoms. The molecular formula is C15H13ClN2O3S. The first-order valence-electron chi connectivity index (χ1n) is 6.71. The summed E-state index contributed by atoms with van der Waals surface area (Å²) in [6.07, 6.45) is 0.737.